The molecule has 20 heteroatoms. The maximum Gasteiger partial charge on any atom is 0.459 e. The summed E-state index contributed by atoms with van der Waals surface area (Å²) in [5, 5.41) is -1.72. The highest BCUT2D eigenvalue weighted by Crippen LogP contribution is 2.49. The van der Waals surface area contributed by atoms with Gasteiger partial charge >= 0.3 is 48.0 Å². The van der Waals surface area contributed by atoms with Gasteiger partial charge in [0.25, 0.3) is 0 Å². The highest BCUT2D eigenvalue weighted by atomic mass is 32.2. The van der Waals surface area contributed by atoms with E-state index in [0.717, 1.165) is 0 Å². The summed E-state index contributed by atoms with van der Waals surface area (Å²) >= 11 is 0.576. The smallest absolute Gasteiger partial charge is 0.459 e. The number of nitrogens with zero attached hydrogens (tertiary/aromatic N) is 1. The van der Waals surface area contributed by atoms with Gasteiger partial charge in [0, 0.05) is 5.75 Å². The first-order chi connectivity index (χ1) is 17.1. The lowest BCUT2D eigenvalue weighted by molar-refractivity contribution is -0.867. The van der Waals surface area contributed by atoms with Crippen LogP contribution in [0.1, 0.15) is 19.3 Å². The fourth-order valence-corrected chi connectivity index (χ4v) is 3.68. The molecule has 0 aromatic carbocycles. The summed E-state index contributed by atoms with van der Waals surface area (Å²) in [6.07, 6.45) is -18.9. The second-order valence-corrected chi connectivity index (χ2v) is 10.3. The molecular weight excluding hydrogens is 604 g/mol. The van der Waals surface area contributed by atoms with E-state index in [1.54, 1.807) is 21.1 Å². The molecule has 0 aromatic rings. The third-order valence-electron chi connectivity index (χ3n) is 4.67. The molecule has 0 aliphatic rings. The van der Waals surface area contributed by atoms with Crippen molar-refractivity contribution in [1.29, 1.82) is 0 Å². The Balaban J connectivity index is 5.26. The molecule has 0 aliphatic heterocycles. The molecule has 5 nitrogen and oxygen atoms in total. The first-order valence-electron chi connectivity index (χ1n) is 10.5. The molecular formula is C19H24F14NO4S+. The van der Waals surface area contributed by atoms with Crippen molar-refractivity contribution in [3.8, 4) is 0 Å². The van der Waals surface area contributed by atoms with Gasteiger partial charge < -0.3 is 14.0 Å². The molecule has 232 valence electrons. The summed E-state index contributed by atoms with van der Waals surface area (Å²) in [5.74, 6) is -27.5. The Bertz CT molecular complexity index is 824. The van der Waals surface area contributed by atoms with Gasteiger partial charge in [-0.3, -0.25) is 9.59 Å². The van der Waals surface area contributed by atoms with E-state index >= 15 is 0 Å². The number of rotatable bonds is 15. The number of thioether (sulfide) groups is 1. The second kappa shape index (κ2) is 12.8. The van der Waals surface area contributed by atoms with Crippen molar-refractivity contribution in [3.63, 3.8) is 0 Å². The molecule has 0 aliphatic carbocycles. The fraction of sp³-hybridized carbons (Fsp3) is 0.895. The van der Waals surface area contributed by atoms with Crippen LogP contribution in [0, 0.1) is 0 Å². The summed E-state index contributed by atoms with van der Waals surface area (Å²) < 4.78 is 187. The van der Waals surface area contributed by atoms with Gasteiger partial charge in [0.15, 0.2) is 0 Å². The summed E-state index contributed by atoms with van der Waals surface area (Å²) in [4.78, 5) is 24.1. The zero-order valence-electron chi connectivity index (χ0n) is 20.3. The van der Waals surface area contributed by atoms with Gasteiger partial charge in [0.05, 0.1) is 60.2 Å². The molecule has 0 saturated heterocycles. The average molecular weight is 628 g/mol. The van der Waals surface area contributed by atoms with E-state index in [9.17, 15) is 71.1 Å². The van der Waals surface area contributed by atoms with Crippen molar-refractivity contribution in [2.75, 3.05) is 46.7 Å². The monoisotopic (exact) mass is 628 g/mol. The van der Waals surface area contributed by atoms with Crippen LogP contribution in [0.2, 0.25) is 0 Å². The lowest BCUT2D eigenvalue weighted by Crippen LogP contribution is -2.52. The van der Waals surface area contributed by atoms with Gasteiger partial charge in [-0.2, -0.15) is 61.5 Å². The topological polar surface area (TPSA) is 52.6 Å². The van der Waals surface area contributed by atoms with Gasteiger partial charge in [-0.15, -0.1) is 11.8 Å². The number of ether oxygens (including phenoxy) is 2. The number of halogens is 14. The first kappa shape index (κ1) is 37.3. The maximum absolute atomic E-state index is 13.4. The number of carbonyl (C=O) groups is 2. The number of alkyl halides is 14. The van der Waals surface area contributed by atoms with Crippen LogP contribution in [0.3, 0.4) is 0 Å². The zero-order chi connectivity index (χ0) is 31.3. The summed E-state index contributed by atoms with van der Waals surface area (Å²) in [5.41, 5.74) is 0. The Morgan fingerprint density at radius 3 is 1.44 bits per heavy atom. The molecule has 0 heterocycles. The van der Waals surface area contributed by atoms with Crippen molar-refractivity contribution < 1.29 is 85.0 Å². The van der Waals surface area contributed by atoms with Crippen LogP contribution in [-0.2, 0) is 19.1 Å². The van der Waals surface area contributed by atoms with Gasteiger partial charge in [0.2, 0.25) is 0 Å². The maximum atomic E-state index is 13.4. The van der Waals surface area contributed by atoms with E-state index in [-0.39, 0.29) is 16.8 Å². The van der Waals surface area contributed by atoms with Crippen LogP contribution >= 0.6 is 11.8 Å². The van der Waals surface area contributed by atoms with E-state index < -0.39 is 85.7 Å². The molecule has 0 fully saturated rings. The van der Waals surface area contributed by atoms with Crippen LogP contribution in [-0.4, -0.2) is 104 Å². The second-order valence-electron chi connectivity index (χ2n) is 9.02. The Hall–Kier alpha value is -1.73. The van der Waals surface area contributed by atoms with Crippen LogP contribution in [0.4, 0.5) is 61.5 Å². The third kappa shape index (κ3) is 10.6. The van der Waals surface area contributed by atoms with E-state index in [4.69, 9.17) is 0 Å². The van der Waals surface area contributed by atoms with E-state index in [1.165, 1.54) is 0 Å². The Labute approximate surface area is 216 Å². The Kier molecular flexibility index (Phi) is 12.3. The van der Waals surface area contributed by atoms with Crippen molar-refractivity contribution in [3.05, 3.63) is 0 Å². The molecule has 0 radical (unpaired) electrons. The molecule has 1 atom stereocenters. The minimum atomic E-state index is -6.63. The van der Waals surface area contributed by atoms with Gasteiger partial charge in [-0.25, -0.2) is 0 Å². The van der Waals surface area contributed by atoms with Crippen LogP contribution in [0.5, 0.6) is 0 Å². The van der Waals surface area contributed by atoms with Crippen molar-refractivity contribution in [2.45, 2.75) is 60.6 Å². The number of quaternary nitrogens is 1. The Morgan fingerprint density at radius 1 is 0.692 bits per heavy atom. The normalized spacial score (nSPS) is 15.2. The molecule has 39 heavy (non-hydrogen) atoms. The van der Waals surface area contributed by atoms with E-state index in [2.05, 4.69) is 9.47 Å². The summed E-state index contributed by atoms with van der Waals surface area (Å²) in [6, 6.07) is 0. The lowest BCUT2D eigenvalue weighted by Gasteiger charge is -2.28. The van der Waals surface area contributed by atoms with Crippen molar-refractivity contribution >= 4 is 23.7 Å². The fourth-order valence-electron chi connectivity index (χ4n) is 2.28. The molecule has 1 unspecified atom stereocenters. The largest absolute Gasteiger partial charge is 0.465 e. The quantitative estimate of drug-likeness (QED) is 0.132. The highest BCUT2D eigenvalue weighted by Gasteiger charge is 2.73. The number of carbonyl (C=O) groups excluding carboxylic acids is 2. The number of hydrogen-bond donors (Lipinski definition) is 0. The van der Waals surface area contributed by atoms with Gasteiger partial charge in [-0.05, 0) is 0 Å². The molecule has 0 saturated carbocycles. The number of esters is 2. The van der Waals surface area contributed by atoms with Gasteiger partial charge in [-0.1, -0.05) is 0 Å². The molecule has 0 bridgehead atoms. The molecule has 0 rings (SSSR count). The third-order valence-corrected chi connectivity index (χ3v) is 5.85. The minimum absolute atomic E-state index is 0.00866. The molecule has 0 aromatic heterocycles. The van der Waals surface area contributed by atoms with Crippen LogP contribution in [0.25, 0.3) is 0 Å². The zero-order valence-corrected chi connectivity index (χ0v) is 21.1. The molecule has 0 amide bonds. The Morgan fingerprint density at radius 2 is 1.08 bits per heavy atom. The van der Waals surface area contributed by atoms with Crippen LogP contribution < -0.4 is 0 Å². The predicted molar refractivity (Wildman–Crippen MR) is 107 cm³/mol. The molecule has 0 spiro atoms. The number of hydrogen-bond acceptors (Lipinski definition) is 5. The highest BCUT2D eigenvalue weighted by molar-refractivity contribution is 8.00. The predicted octanol–water partition coefficient (Wildman–Crippen LogP) is 5.72. The summed E-state index contributed by atoms with van der Waals surface area (Å²) in [6.45, 7) is -3.07. The van der Waals surface area contributed by atoms with Crippen molar-refractivity contribution in [1.82, 2.24) is 0 Å². The van der Waals surface area contributed by atoms with Crippen molar-refractivity contribution in [2.24, 2.45) is 0 Å². The van der Waals surface area contributed by atoms with Crippen LogP contribution in [0.15, 0.2) is 0 Å². The minimum Gasteiger partial charge on any atom is -0.465 e. The van der Waals surface area contributed by atoms with E-state index in [1.807, 2.05) is 0 Å². The standard InChI is InChI=1S/C19H24F14NO4S/c1-34(2,3)6-9-39-11(13(36)38-8-5-15(22,23)17(26,27)19(31,32)33)10-12(35)37-7-4-14(20,21)16(24,25)18(28,29)30/h11H,4-10H2,1-3H3/q+1. The summed E-state index contributed by atoms with van der Waals surface area (Å²) in [7, 11) is 5.01. The molecule has 0 N–H and O–H groups in total. The lowest BCUT2D eigenvalue weighted by atomic mass is 10.1. The first-order valence-corrected chi connectivity index (χ1v) is 11.5. The van der Waals surface area contributed by atoms with E-state index in [0.29, 0.717) is 11.8 Å². The van der Waals surface area contributed by atoms with Gasteiger partial charge in [0.1, 0.15) is 5.25 Å². The SMILES string of the molecule is C[N+](C)(C)CCSC(CC(=O)OCCC(F)(F)C(F)(F)C(F)(F)F)C(=O)OCCC(F)(F)C(F)(F)C(F)(F)F. The average Bonchev–Trinajstić information content (AvgIpc) is 2.69.